The molecule has 90 valence electrons. The molecule has 0 aromatic carbocycles. The van der Waals surface area contributed by atoms with Crippen LogP contribution in [0.4, 0.5) is 0 Å². The highest BCUT2D eigenvalue weighted by Gasteiger charge is 2.01. The summed E-state index contributed by atoms with van der Waals surface area (Å²) in [6.07, 6.45) is 12.6. The summed E-state index contributed by atoms with van der Waals surface area (Å²) in [7, 11) is 0. The average molecular weight is 211 g/mol. The lowest BCUT2D eigenvalue weighted by molar-refractivity contribution is 0.289. The van der Waals surface area contributed by atoms with Crippen molar-refractivity contribution in [3.05, 3.63) is 12.2 Å². The molecule has 0 rings (SSSR count). The van der Waals surface area contributed by atoms with E-state index in [1.165, 1.54) is 51.6 Å². The van der Waals surface area contributed by atoms with Gasteiger partial charge in [0.05, 0.1) is 0 Å². The SMILES string of the molecule is CC=CCN(CCCC)CCCCCC. The van der Waals surface area contributed by atoms with Crippen LogP contribution >= 0.6 is 0 Å². The summed E-state index contributed by atoms with van der Waals surface area (Å²) >= 11 is 0. The van der Waals surface area contributed by atoms with Crippen molar-refractivity contribution in [1.82, 2.24) is 4.90 Å². The normalized spacial score (nSPS) is 11.7. The Labute approximate surface area is 96.6 Å². The lowest BCUT2D eigenvalue weighted by Crippen LogP contribution is -2.26. The number of rotatable bonds is 10. The van der Waals surface area contributed by atoms with Gasteiger partial charge in [-0.25, -0.2) is 0 Å². The van der Waals surface area contributed by atoms with Crippen molar-refractivity contribution >= 4 is 0 Å². The highest BCUT2D eigenvalue weighted by atomic mass is 15.1. The highest BCUT2D eigenvalue weighted by molar-refractivity contribution is 4.81. The number of hydrogen-bond donors (Lipinski definition) is 0. The second-order valence-electron chi connectivity index (χ2n) is 4.28. The van der Waals surface area contributed by atoms with Crippen LogP contribution in [0.5, 0.6) is 0 Å². The monoisotopic (exact) mass is 211 g/mol. The fourth-order valence-electron chi connectivity index (χ4n) is 1.69. The summed E-state index contributed by atoms with van der Waals surface area (Å²) in [4.78, 5) is 2.58. The largest absolute Gasteiger partial charge is 0.300 e. The van der Waals surface area contributed by atoms with Gasteiger partial charge in [-0.1, -0.05) is 51.7 Å². The maximum Gasteiger partial charge on any atom is 0.0163 e. The van der Waals surface area contributed by atoms with Crippen molar-refractivity contribution in [2.45, 2.75) is 59.3 Å². The van der Waals surface area contributed by atoms with Crippen molar-refractivity contribution in [3.8, 4) is 0 Å². The molecule has 0 N–H and O–H groups in total. The van der Waals surface area contributed by atoms with E-state index in [0.29, 0.717) is 0 Å². The molecule has 0 aromatic rings. The van der Waals surface area contributed by atoms with Crippen LogP contribution in [0.3, 0.4) is 0 Å². The summed E-state index contributed by atoms with van der Waals surface area (Å²) in [5.74, 6) is 0. The smallest absolute Gasteiger partial charge is 0.0163 e. The lowest BCUT2D eigenvalue weighted by atomic mass is 10.2. The number of allylic oxidation sites excluding steroid dienone is 1. The first kappa shape index (κ1) is 14.7. The van der Waals surface area contributed by atoms with Crippen molar-refractivity contribution < 1.29 is 0 Å². The van der Waals surface area contributed by atoms with Crippen LogP contribution in [0.1, 0.15) is 59.3 Å². The van der Waals surface area contributed by atoms with Gasteiger partial charge in [0.15, 0.2) is 0 Å². The van der Waals surface area contributed by atoms with Crippen LogP contribution in [0.15, 0.2) is 12.2 Å². The number of hydrogen-bond acceptors (Lipinski definition) is 1. The van der Waals surface area contributed by atoms with Crippen LogP contribution in [0.2, 0.25) is 0 Å². The van der Waals surface area contributed by atoms with Crippen LogP contribution in [-0.2, 0) is 0 Å². The molecule has 0 atom stereocenters. The molecule has 0 aliphatic heterocycles. The fraction of sp³-hybridized carbons (Fsp3) is 0.857. The third-order valence-electron chi connectivity index (χ3n) is 2.76. The van der Waals surface area contributed by atoms with Gasteiger partial charge in [0.25, 0.3) is 0 Å². The summed E-state index contributed by atoms with van der Waals surface area (Å²) in [6.45, 7) is 10.3. The van der Waals surface area contributed by atoms with Gasteiger partial charge in [-0.05, 0) is 32.9 Å². The minimum absolute atomic E-state index is 1.14. The van der Waals surface area contributed by atoms with Crippen molar-refractivity contribution in [3.63, 3.8) is 0 Å². The molecule has 0 heterocycles. The number of nitrogens with zero attached hydrogens (tertiary/aromatic N) is 1. The van der Waals surface area contributed by atoms with E-state index >= 15 is 0 Å². The lowest BCUT2D eigenvalue weighted by Gasteiger charge is -2.20. The fourth-order valence-corrected chi connectivity index (χ4v) is 1.69. The molecule has 1 nitrogen and oxygen atoms in total. The van der Waals surface area contributed by atoms with E-state index in [-0.39, 0.29) is 0 Å². The van der Waals surface area contributed by atoms with Gasteiger partial charge in [-0.2, -0.15) is 0 Å². The molecule has 0 aliphatic rings. The van der Waals surface area contributed by atoms with E-state index in [1.807, 2.05) is 0 Å². The third kappa shape index (κ3) is 9.99. The Kier molecular flexibility index (Phi) is 11.5. The molecular weight excluding hydrogens is 182 g/mol. The predicted octanol–water partition coefficient (Wildman–Crippen LogP) is 4.24. The molecule has 0 aliphatic carbocycles. The van der Waals surface area contributed by atoms with Gasteiger partial charge in [0.1, 0.15) is 0 Å². The molecular formula is C14H29N. The zero-order chi connectivity index (χ0) is 11.4. The van der Waals surface area contributed by atoms with Gasteiger partial charge >= 0.3 is 0 Å². The van der Waals surface area contributed by atoms with Crippen molar-refractivity contribution in [1.29, 1.82) is 0 Å². The molecule has 0 aromatic heterocycles. The zero-order valence-electron chi connectivity index (χ0n) is 11.0. The zero-order valence-corrected chi connectivity index (χ0v) is 11.0. The molecule has 0 radical (unpaired) electrons. The van der Waals surface area contributed by atoms with E-state index in [0.717, 1.165) is 6.54 Å². The van der Waals surface area contributed by atoms with Crippen molar-refractivity contribution in [2.75, 3.05) is 19.6 Å². The molecule has 0 saturated heterocycles. The molecule has 0 fully saturated rings. The van der Waals surface area contributed by atoms with E-state index in [1.54, 1.807) is 0 Å². The van der Waals surface area contributed by atoms with Gasteiger partial charge < -0.3 is 0 Å². The molecule has 0 saturated carbocycles. The average Bonchev–Trinajstić information content (AvgIpc) is 2.27. The first-order valence-electron chi connectivity index (χ1n) is 6.68. The topological polar surface area (TPSA) is 3.24 Å². The molecule has 0 unspecified atom stereocenters. The van der Waals surface area contributed by atoms with Crippen molar-refractivity contribution in [2.24, 2.45) is 0 Å². The third-order valence-corrected chi connectivity index (χ3v) is 2.76. The molecule has 0 bridgehead atoms. The second kappa shape index (κ2) is 11.8. The van der Waals surface area contributed by atoms with Gasteiger partial charge in [0.2, 0.25) is 0 Å². The second-order valence-corrected chi connectivity index (χ2v) is 4.28. The highest BCUT2D eigenvalue weighted by Crippen LogP contribution is 2.03. The Bertz CT molecular complexity index is 140. The van der Waals surface area contributed by atoms with Crippen LogP contribution in [0.25, 0.3) is 0 Å². The van der Waals surface area contributed by atoms with E-state index < -0.39 is 0 Å². The summed E-state index contributed by atoms with van der Waals surface area (Å²) in [5, 5.41) is 0. The quantitative estimate of drug-likeness (QED) is 0.386. The molecule has 1 heteroatoms. The Morgan fingerprint density at radius 2 is 1.53 bits per heavy atom. The van der Waals surface area contributed by atoms with Crippen LogP contribution in [-0.4, -0.2) is 24.5 Å². The first-order chi connectivity index (χ1) is 7.35. The molecule has 0 spiro atoms. The van der Waals surface area contributed by atoms with Gasteiger partial charge in [-0.3, -0.25) is 4.90 Å². The Morgan fingerprint density at radius 3 is 2.13 bits per heavy atom. The summed E-state index contributed by atoms with van der Waals surface area (Å²) in [6, 6.07) is 0. The van der Waals surface area contributed by atoms with E-state index in [9.17, 15) is 0 Å². The predicted molar refractivity (Wildman–Crippen MR) is 70.3 cm³/mol. The first-order valence-corrected chi connectivity index (χ1v) is 6.68. The maximum absolute atomic E-state index is 2.58. The molecule has 15 heavy (non-hydrogen) atoms. The van der Waals surface area contributed by atoms with Crippen LogP contribution in [0, 0.1) is 0 Å². The van der Waals surface area contributed by atoms with E-state index in [2.05, 4.69) is 37.8 Å². The summed E-state index contributed by atoms with van der Waals surface area (Å²) in [5.41, 5.74) is 0. The van der Waals surface area contributed by atoms with Gasteiger partial charge in [0, 0.05) is 6.54 Å². The minimum atomic E-state index is 1.14. The Morgan fingerprint density at radius 1 is 0.867 bits per heavy atom. The Hall–Kier alpha value is -0.300. The summed E-state index contributed by atoms with van der Waals surface area (Å²) < 4.78 is 0. The molecule has 0 amide bonds. The maximum atomic E-state index is 2.58. The van der Waals surface area contributed by atoms with Gasteiger partial charge in [-0.15, -0.1) is 0 Å². The Balaban J connectivity index is 3.59. The minimum Gasteiger partial charge on any atom is -0.300 e. The van der Waals surface area contributed by atoms with E-state index in [4.69, 9.17) is 0 Å². The standard InChI is InChI=1S/C14H29N/c1-4-7-10-11-14-15(12-8-5-2)13-9-6-3/h5,8H,4,6-7,9-14H2,1-3H3. The van der Waals surface area contributed by atoms with Crippen LogP contribution < -0.4 is 0 Å². The number of unbranched alkanes of at least 4 members (excludes halogenated alkanes) is 4.